The lowest BCUT2D eigenvalue weighted by atomic mass is 10.2. The van der Waals surface area contributed by atoms with Gasteiger partial charge in [-0.1, -0.05) is 23.7 Å². The van der Waals surface area contributed by atoms with Crippen LogP contribution in [-0.2, 0) is 14.8 Å². The molecule has 0 fully saturated rings. The van der Waals surface area contributed by atoms with Gasteiger partial charge in [0.1, 0.15) is 10.6 Å². The number of amides is 2. The van der Waals surface area contributed by atoms with Crippen molar-refractivity contribution in [2.45, 2.75) is 11.8 Å². The van der Waals surface area contributed by atoms with Gasteiger partial charge in [-0.3, -0.25) is 14.3 Å². The number of hydrogen-bond acceptors (Lipinski definition) is 5. The molecule has 2 aromatic rings. The predicted octanol–water partition coefficient (Wildman–Crippen LogP) is 2.02. The van der Waals surface area contributed by atoms with Gasteiger partial charge in [-0.2, -0.15) is 0 Å². The summed E-state index contributed by atoms with van der Waals surface area (Å²) >= 11 is 6.05. The molecule has 0 saturated carbocycles. The Labute approximate surface area is 168 Å². The summed E-state index contributed by atoms with van der Waals surface area (Å²) in [5, 5.41) is 4.91. The van der Waals surface area contributed by atoms with Gasteiger partial charge in [-0.25, -0.2) is 8.42 Å². The molecule has 3 N–H and O–H groups in total. The van der Waals surface area contributed by atoms with Crippen molar-refractivity contribution < 1.29 is 22.7 Å². The van der Waals surface area contributed by atoms with Crippen molar-refractivity contribution in [3.05, 3.63) is 53.1 Å². The van der Waals surface area contributed by atoms with Crippen molar-refractivity contribution in [3.8, 4) is 5.75 Å². The Morgan fingerprint density at radius 3 is 2.50 bits per heavy atom. The first-order valence-corrected chi connectivity index (χ1v) is 10.1. The first-order valence-electron chi connectivity index (χ1n) is 8.28. The Morgan fingerprint density at radius 2 is 1.82 bits per heavy atom. The van der Waals surface area contributed by atoms with E-state index in [9.17, 15) is 18.0 Å². The number of hydrogen-bond donors (Lipinski definition) is 3. The van der Waals surface area contributed by atoms with Crippen LogP contribution in [0.4, 0.5) is 5.69 Å². The fraction of sp³-hybridized carbons (Fsp3) is 0.222. The van der Waals surface area contributed by atoms with Crippen LogP contribution in [0, 0.1) is 0 Å². The van der Waals surface area contributed by atoms with Crippen molar-refractivity contribution >= 4 is 39.1 Å². The lowest BCUT2D eigenvalue weighted by Crippen LogP contribution is -2.36. The van der Waals surface area contributed by atoms with E-state index in [0.29, 0.717) is 12.3 Å². The topological polar surface area (TPSA) is 114 Å². The molecular weight excluding hydrogens is 406 g/mol. The van der Waals surface area contributed by atoms with Gasteiger partial charge >= 0.3 is 0 Å². The van der Waals surface area contributed by atoms with Crippen LogP contribution >= 0.6 is 11.6 Å². The standard InChI is InChI=1S/C18H20ClN3O5S/c1-3-20-17(23)11-21-18(24)12-8-9-13(19)16(10-12)28(25,26)22-14-6-4-5-7-15(14)27-2/h4-10,22H,3,11H2,1-2H3,(H,20,23)(H,21,24). The van der Waals surface area contributed by atoms with Gasteiger partial charge in [-0.05, 0) is 37.3 Å². The molecule has 0 saturated heterocycles. The molecule has 0 atom stereocenters. The number of para-hydroxylation sites is 2. The molecule has 0 heterocycles. The second kappa shape index (κ2) is 9.43. The molecule has 150 valence electrons. The Hall–Kier alpha value is -2.78. The van der Waals surface area contributed by atoms with Crippen molar-refractivity contribution in [2.24, 2.45) is 0 Å². The first kappa shape index (κ1) is 21.5. The zero-order chi connectivity index (χ0) is 20.7. The largest absolute Gasteiger partial charge is 0.495 e. The monoisotopic (exact) mass is 425 g/mol. The minimum atomic E-state index is -4.09. The second-order valence-corrected chi connectivity index (χ2v) is 7.65. The number of likely N-dealkylation sites (N-methyl/N-ethyl adjacent to an activating group) is 1. The minimum absolute atomic E-state index is 0.0501. The highest BCUT2D eigenvalue weighted by Gasteiger charge is 2.22. The van der Waals surface area contributed by atoms with Crippen LogP contribution in [0.1, 0.15) is 17.3 Å². The van der Waals surface area contributed by atoms with Gasteiger partial charge in [-0.15, -0.1) is 0 Å². The summed E-state index contributed by atoms with van der Waals surface area (Å²) in [5.74, 6) is -0.620. The van der Waals surface area contributed by atoms with E-state index in [1.54, 1.807) is 25.1 Å². The maximum atomic E-state index is 12.8. The summed E-state index contributed by atoms with van der Waals surface area (Å²) in [6.07, 6.45) is 0. The maximum Gasteiger partial charge on any atom is 0.263 e. The van der Waals surface area contributed by atoms with Gasteiger partial charge < -0.3 is 15.4 Å². The Kier molecular flexibility index (Phi) is 7.24. The number of anilines is 1. The number of rotatable bonds is 8. The Morgan fingerprint density at radius 1 is 1.11 bits per heavy atom. The number of carbonyl (C=O) groups is 2. The predicted molar refractivity (Wildman–Crippen MR) is 106 cm³/mol. The molecule has 0 aliphatic carbocycles. The highest BCUT2D eigenvalue weighted by atomic mass is 35.5. The van der Waals surface area contributed by atoms with Crippen LogP contribution in [-0.4, -0.2) is 40.4 Å². The van der Waals surface area contributed by atoms with E-state index in [-0.39, 0.29) is 33.6 Å². The zero-order valence-electron chi connectivity index (χ0n) is 15.3. The number of nitrogens with one attached hydrogen (secondary N) is 3. The van der Waals surface area contributed by atoms with Gasteiger partial charge in [0.05, 0.1) is 24.4 Å². The minimum Gasteiger partial charge on any atom is -0.495 e. The van der Waals surface area contributed by atoms with E-state index in [0.717, 1.165) is 6.07 Å². The number of halogens is 1. The van der Waals surface area contributed by atoms with E-state index in [2.05, 4.69) is 15.4 Å². The van der Waals surface area contributed by atoms with E-state index >= 15 is 0 Å². The van der Waals surface area contributed by atoms with Crippen molar-refractivity contribution in [1.82, 2.24) is 10.6 Å². The molecule has 0 spiro atoms. The molecule has 28 heavy (non-hydrogen) atoms. The third kappa shape index (κ3) is 5.37. The van der Waals surface area contributed by atoms with Crippen molar-refractivity contribution in [3.63, 3.8) is 0 Å². The number of sulfonamides is 1. The Balaban J connectivity index is 2.26. The average molecular weight is 426 g/mol. The third-order valence-corrected chi connectivity index (χ3v) is 5.46. The zero-order valence-corrected chi connectivity index (χ0v) is 16.9. The normalized spacial score (nSPS) is 10.8. The van der Waals surface area contributed by atoms with Gasteiger partial charge in [0.15, 0.2) is 0 Å². The van der Waals surface area contributed by atoms with Crippen LogP contribution in [0.3, 0.4) is 0 Å². The van der Waals surface area contributed by atoms with E-state index in [1.807, 2.05) is 0 Å². The molecule has 0 bridgehead atoms. The number of carbonyl (C=O) groups excluding carboxylic acids is 2. The first-order chi connectivity index (χ1) is 13.3. The number of methoxy groups -OCH3 is 1. The fourth-order valence-electron chi connectivity index (χ4n) is 2.30. The smallest absolute Gasteiger partial charge is 0.263 e. The highest BCUT2D eigenvalue weighted by molar-refractivity contribution is 7.92. The summed E-state index contributed by atoms with van der Waals surface area (Å²) in [5.41, 5.74) is 0.279. The maximum absolute atomic E-state index is 12.8. The van der Waals surface area contributed by atoms with Crippen LogP contribution in [0.2, 0.25) is 5.02 Å². The summed E-state index contributed by atoms with van der Waals surface area (Å²) < 4.78 is 33.1. The van der Waals surface area contributed by atoms with Gasteiger partial charge in [0.25, 0.3) is 15.9 Å². The second-order valence-electron chi connectivity index (χ2n) is 5.59. The number of benzene rings is 2. The summed E-state index contributed by atoms with van der Waals surface area (Å²) in [4.78, 5) is 23.4. The quantitative estimate of drug-likeness (QED) is 0.598. The molecule has 10 heteroatoms. The SMILES string of the molecule is CCNC(=O)CNC(=O)c1ccc(Cl)c(S(=O)(=O)Nc2ccccc2OC)c1. The van der Waals surface area contributed by atoms with Crippen molar-refractivity contribution in [1.29, 1.82) is 0 Å². The van der Waals surface area contributed by atoms with E-state index in [1.165, 1.54) is 25.3 Å². The molecule has 2 rings (SSSR count). The molecular formula is C18H20ClN3O5S. The lowest BCUT2D eigenvalue weighted by Gasteiger charge is -2.13. The molecule has 2 amide bonds. The van der Waals surface area contributed by atoms with Crippen LogP contribution in [0.15, 0.2) is 47.4 Å². The molecule has 0 unspecified atom stereocenters. The van der Waals surface area contributed by atoms with Crippen molar-refractivity contribution in [2.75, 3.05) is 24.9 Å². The summed E-state index contributed by atoms with van der Waals surface area (Å²) in [6, 6.07) is 10.3. The third-order valence-electron chi connectivity index (χ3n) is 3.62. The van der Waals surface area contributed by atoms with E-state index in [4.69, 9.17) is 16.3 Å². The molecule has 2 aromatic carbocycles. The Bertz CT molecular complexity index is 979. The molecule has 0 aliphatic heterocycles. The molecule has 0 radical (unpaired) electrons. The molecule has 0 aliphatic rings. The lowest BCUT2D eigenvalue weighted by molar-refractivity contribution is -0.120. The fourth-order valence-corrected chi connectivity index (χ4v) is 3.90. The highest BCUT2D eigenvalue weighted by Crippen LogP contribution is 2.29. The molecule has 8 nitrogen and oxygen atoms in total. The van der Waals surface area contributed by atoms with Gasteiger partial charge in [0.2, 0.25) is 5.91 Å². The average Bonchev–Trinajstić information content (AvgIpc) is 2.66. The summed E-state index contributed by atoms with van der Waals surface area (Å²) in [6.45, 7) is 1.97. The van der Waals surface area contributed by atoms with Gasteiger partial charge in [0, 0.05) is 12.1 Å². The van der Waals surface area contributed by atoms with E-state index < -0.39 is 15.9 Å². The van der Waals surface area contributed by atoms with Crippen LogP contribution in [0.25, 0.3) is 0 Å². The number of ether oxygens (including phenoxy) is 1. The summed E-state index contributed by atoms with van der Waals surface area (Å²) in [7, 11) is -2.68. The molecule has 0 aromatic heterocycles. The van der Waals surface area contributed by atoms with Crippen LogP contribution < -0.4 is 20.1 Å². The van der Waals surface area contributed by atoms with Crippen LogP contribution in [0.5, 0.6) is 5.75 Å².